The number of nitrogens with zero attached hydrogens (tertiary/aromatic N) is 1. The van der Waals surface area contributed by atoms with Crippen molar-refractivity contribution in [1.82, 2.24) is 4.90 Å². The molecule has 2 atom stereocenters. The van der Waals surface area contributed by atoms with E-state index in [0.717, 1.165) is 31.0 Å². The highest BCUT2D eigenvalue weighted by atomic mass is 19.4. The summed E-state index contributed by atoms with van der Waals surface area (Å²) >= 11 is 0. The maximum atomic E-state index is 12.6. The van der Waals surface area contributed by atoms with E-state index in [1.54, 1.807) is 6.07 Å². The van der Waals surface area contributed by atoms with Crippen LogP contribution in [0, 0.1) is 17.8 Å². The molecule has 0 saturated carbocycles. The fourth-order valence-corrected chi connectivity index (χ4v) is 3.42. The summed E-state index contributed by atoms with van der Waals surface area (Å²) in [5, 5.41) is 8.97. The van der Waals surface area contributed by atoms with Crippen LogP contribution in [-0.2, 0) is 11.2 Å². The maximum absolute atomic E-state index is 12.6. The van der Waals surface area contributed by atoms with E-state index in [1.807, 2.05) is 12.1 Å². The first-order valence-electron chi connectivity index (χ1n) is 9.11. The second-order valence-electron chi connectivity index (χ2n) is 7.67. The molecule has 0 radical (unpaired) electrons. The summed E-state index contributed by atoms with van der Waals surface area (Å²) < 4.78 is 43.1. The lowest BCUT2D eigenvalue weighted by Crippen LogP contribution is -2.51. The highest BCUT2D eigenvalue weighted by Crippen LogP contribution is 2.33. The van der Waals surface area contributed by atoms with Crippen LogP contribution in [-0.4, -0.2) is 48.4 Å². The molecule has 1 aliphatic heterocycles. The first kappa shape index (κ1) is 19.7. The summed E-state index contributed by atoms with van der Waals surface area (Å²) in [5.41, 5.74) is 3.37. The van der Waals surface area contributed by atoms with Crippen molar-refractivity contribution in [2.75, 3.05) is 26.2 Å². The lowest BCUT2D eigenvalue weighted by molar-refractivity contribution is -0.176. The number of likely N-dealkylation sites (tertiary alicyclic amines) is 1. The van der Waals surface area contributed by atoms with Crippen LogP contribution in [0.15, 0.2) is 23.8 Å². The molecule has 0 amide bonds. The lowest BCUT2D eigenvalue weighted by Gasteiger charge is -2.38. The Kier molecular flexibility index (Phi) is 5.51. The van der Waals surface area contributed by atoms with E-state index >= 15 is 0 Å². The van der Waals surface area contributed by atoms with Crippen LogP contribution in [0.1, 0.15) is 25.0 Å². The largest absolute Gasteiger partial charge is 0.493 e. The smallest absolute Gasteiger partial charge is 0.394 e. The molecule has 4 nitrogen and oxygen atoms in total. The number of ether oxygens (including phenoxy) is 1. The molecule has 1 aromatic rings. The number of benzene rings is 1. The second kappa shape index (κ2) is 7.54. The highest BCUT2D eigenvalue weighted by molar-refractivity contribution is 5.71. The predicted octanol–water partition coefficient (Wildman–Crippen LogP) is 3.86. The Morgan fingerprint density at radius 2 is 2.07 bits per heavy atom. The van der Waals surface area contributed by atoms with E-state index in [0.29, 0.717) is 24.8 Å². The Labute approximate surface area is 156 Å². The van der Waals surface area contributed by atoms with Crippen molar-refractivity contribution >= 4 is 12.0 Å². The Hall–Kier alpha value is -2.02. The van der Waals surface area contributed by atoms with Crippen LogP contribution in [0.3, 0.4) is 0 Å². The Bertz CT molecular complexity index is 738. The van der Waals surface area contributed by atoms with Gasteiger partial charge in [-0.3, -0.25) is 9.69 Å². The molecule has 1 aliphatic carbocycles. The van der Waals surface area contributed by atoms with E-state index in [4.69, 9.17) is 9.84 Å². The topological polar surface area (TPSA) is 49.8 Å². The molecule has 1 saturated heterocycles. The predicted molar refractivity (Wildman–Crippen MR) is 95.6 cm³/mol. The zero-order valence-electron chi connectivity index (χ0n) is 15.4. The van der Waals surface area contributed by atoms with Crippen LogP contribution < -0.4 is 4.74 Å². The second-order valence-corrected chi connectivity index (χ2v) is 7.67. The zero-order valence-corrected chi connectivity index (χ0v) is 15.4. The minimum absolute atomic E-state index is 0.268. The van der Waals surface area contributed by atoms with Crippen LogP contribution >= 0.6 is 0 Å². The number of hydrogen-bond acceptors (Lipinski definition) is 3. The summed E-state index contributed by atoms with van der Waals surface area (Å²) in [5.74, 6) is -1.76. The first-order valence-corrected chi connectivity index (χ1v) is 9.11. The molecule has 1 heterocycles. The van der Waals surface area contributed by atoms with Gasteiger partial charge in [0.1, 0.15) is 5.75 Å². The number of fused-ring (bicyclic) bond motifs is 1. The molecular weight excluding hydrogens is 359 g/mol. The number of halogens is 3. The van der Waals surface area contributed by atoms with Crippen molar-refractivity contribution in [1.29, 1.82) is 0 Å². The molecule has 3 rings (SSSR count). The Morgan fingerprint density at radius 3 is 2.70 bits per heavy atom. The monoisotopic (exact) mass is 383 g/mol. The number of hydrogen-bond donors (Lipinski definition) is 1. The molecule has 7 heteroatoms. The van der Waals surface area contributed by atoms with Crippen molar-refractivity contribution in [3.63, 3.8) is 0 Å². The van der Waals surface area contributed by atoms with Gasteiger partial charge in [-0.15, -0.1) is 0 Å². The minimum atomic E-state index is -4.25. The van der Waals surface area contributed by atoms with Crippen molar-refractivity contribution < 1.29 is 27.8 Å². The molecule has 27 heavy (non-hydrogen) atoms. The van der Waals surface area contributed by atoms with Gasteiger partial charge in [-0.25, -0.2) is 0 Å². The van der Waals surface area contributed by atoms with Crippen LogP contribution in [0.2, 0.25) is 0 Å². The first-order chi connectivity index (χ1) is 12.6. The third-order valence-corrected chi connectivity index (χ3v) is 5.39. The van der Waals surface area contributed by atoms with Crippen LogP contribution in [0.5, 0.6) is 5.75 Å². The van der Waals surface area contributed by atoms with Gasteiger partial charge in [0.2, 0.25) is 0 Å². The molecule has 0 spiro atoms. The number of aliphatic carboxylic acids is 1. The maximum Gasteiger partial charge on any atom is 0.394 e. The average molecular weight is 383 g/mol. The third-order valence-electron chi connectivity index (χ3n) is 5.39. The highest BCUT2D eigenvalue weighted by Gasteiger charge is 2.36. The number of carbonyl (C=O) groups is 1. The third kappa shape index (κ3) is 4.64. The summed E-state index contributed by atoms with van der Waals surface area (Å²) in [4.78, 5) is 13.0. The van der Waals surface area contributed by atoms with Gasteiger partial charge in [0.05, 0.1) is 18.4 Å². The minimum Gasteiger partial charge on any atom is -0.493 e. The fourth-order valence-electron chi connectivity index (χ4n) is 3.42. The van der Waals surface area contributed by atoms with Gasteiger partial charge in [-0.1, -0.05) is 31.6 Å². The van der Waals surface area contributed by atoms with E-state index < -0.39 is 24.7 Å². The van der Waals surface area contributed by atoms with E-state index in [1.165, 1.54) is 5.57 Å². The molecular formula is C20H24F3NO3. The molecule has 0 aromatic heterocycles. The van der Waals surface area contributed by atoms with E-state index in [2.05, 4.69) is 17.9 Å². The van der Waals surface area contributed by atoms with Gasteiger partial charge in [0.25, 0.3) is 0 Å². The molecule has 1 aromatic carbocycles. The standard InChI is InChI=1S/C20H24F3NO3/c1-12-5-15-7-18(27-11-13(2)20(21,22)23)4-3-14(15)6-16(12)8-24-9-17(10-24)19(25)26/h3-4,6-7,12-13,17H,5,8-11H2,1-2H3,(H,25,26)/t12-,13+/m0/s1. The van der Waals surface area contributed by atoms with Crippen molar-refractivity contribution in [3.05, 3.63) is 34.9 Å². The fraction of sp³-hybridized carbons (Fsp3) is 0.550. The normalized spacial score (nSPS) is 21.8. The van der Waals surface area contributed by atoms with Gasteiger partial charge in [-0.05, 0) is 35.6 Å². The molecule has 148 valence electrons. The zero-order chi connectivity index (χ0) is 19.8. The molecule has 2 aliphatic rings. The molecule has 0 unspecified atom stereocenters. The quantitative estimate of drug-likeness (QED) is 0.811. The Balaban J connectivity index is 1.62. The van der Waals surface area contributed by atoms with E-state index in [-0.39, 0.29) is 5.92 Å². The summed E-state index contributed by atoms with van der Waals surface area (Å²) in [6.45, 7) is 4.75. The summed E-state index contributed by atoms with van der Waals surface area (Å²) in [7, 11) is 0. The number of alkyl halides is 3. The van der Waals surface area contributed by atoms with Gasteiger partial charge >= 0.3 is 12.1 Å². The van der Waals surface area contributed by atoms with Crippen molar-refractivity contribution in [3.8, 4) is 5.75 Å². The SMILES string of the molecule is C[C@H](COc1ccc2c(c1)C[C@H](C)C(CN1CC(C(=O)O)C1)=C2)C(F)(F)F. The van der Waals surface area contributed by atoms with E-state index in [9.17, 15) is 18.0 Å². The average Bonchev–Trinajstić information content (AvgIpc) is 2.54. The number of carboxylic acid groups (broad SMARTS) is 1. The number of rotatable bonds is 6. The van der Waals surface area contributed by atoms with Gasteiger partial charge in [0.15, 0.2) is 0 Å². The van der Waals surface area contributed by atoms with Crippen molar-refractivity contribution in [2.45, 2.75) is 26.4 Å². The Morgan fingerprint density at radius 1 is 1.37 bits per heavy atom. The van der Waals surface area contributed by atoms with Crippen LogP contribution in [0.4, 0.5) is 13.2 Å². The molecule has 1 N–H and O–H groups in total. The molecule has 0 bridgehead atoms. The van der Waals surface area contributed by atoms with Gasteiger partial charge < -0.3 is 9.84 Å². The molecule has 1 fully saturated rings. The summed E-state index contributed by atoms with van der Waals surface area (Å²) in [6.07, 6.45) is -1.35. The lowest BCUT2D eigenvalue weighted by atomic mass is 9.83. The van der Waals surface area contributed by atoms with Gasteiger partial charge in [-0.2, -0.15) is 13.2 Å². The van der Waals surface area contributed by atoms with Crippen molar-refractivity contribution in [2.24, 2.45) is 17.8 Å². The number of carboxylic acids is 1. The van der Waals surface area contributed by atoms with Crippen LogP contribution in [0.25, 0.3) is 6.08 Å². The summed E-state index contributed by atoms with van der Waals surface area (Å²) in [6, 6.07) is 5.41. The van der Waals surface area contributed by atoms with Gasteiger partial charge in [0, 0.05) is 19.6 Å².